The summed E-state index contributed by atoms with van der Waals surface area (Å²) in [4.78, 5) is 11.9. The zero-order valence-corrected chi connectivity index (χ0v) is 10.7. The molecule has 2 aromatic carbocycles. The average Bonchev–Trinajstić information content (AvgIpc) is 2.40. The molecule has 0 bridgehead atoms. The Labute approximate surface area is 118 Å². The van der Waals surface area contributed by atoms with Gasteiger partial charge < -0.3 is 5.32 Å². The molecule has 3 nitrogen and oxygen atoms in total. The predicted molar refractivity (Wildman–Crippen MR) is 70.5 cm³/mol. The number of nitriles is 1. The third kappa shape index (κ3) is 2.92. The lowest BCUT2D eigenvalue weighted by Crippen LogP contribution is -2.12. The Balaban J connectivity index is 2.26. The number of amides is 1. The zero-order valence-electron chi connectivity index (χ0n) is 9.95. The van der Waals surface area contributed by atoms with E-state index < -0.39 is 17.5 Å². The van der Waals surface area contributed by atoms with E-state index in [0.29, 0.717) is 0 Å². The number of hydrogen-bond donors (Lipinski definition) is 1. The van der Waals surface area contributed by atoms with E-state index in [4.69, 9.17) is 16.9 Å². The summed E-state index contributed by atoms with van der Waals surface area (Å²) in [6.45, 7) is 0. The summed E-state index contributed by atoms with van der Waals surface area (Å²) in [7, 11) is 0. The van der Waals surface area contributed by atoms with Gasteiger partial charge in [0, 0.05) is 5.69 Å². The number of carbonyl (C=O) groups excluding carboxylic acids is 1. The van der Waals surface area contributed by atoms with Gasteiger partial charge in [-0.05, 0) is 36.4 Å². The Kier molecular flexibility index (Phi) is 3.97. The van der Waals surface area contributed by atoms with Gasteiger partial charge in [-0.1, -0.05) is 11.6 Å². The Morgan fingerprint density at radius 3 is 2.60 bits per heavy atom. The summed E-state index contributed by atoms with van der Waals surface area (Å²) in [5.41, 5.74) is 0.136. The molecule has 0 aliphatic rings. The lowest BCUT2D eigenvalue weighted by molar-refractivity contribution is 0.102. The molecule has 0 spiro atoms. The highest BCUT2D eigenvalue weighted by molar-refractivity contribution is 6.34. The second kappa shape index (κ2) is 5.68. The first-order chi connectivity index (χ1) is 9.51. The maximum absolute atomic E-state index is 13.1. The van der Waals surface area contributed by atoms with Crippen LogP contribution in [0.5, 0.6) is 0 Å². The molecule has 0 saturated heterocycles. The van der Waals surface area contributed by atoms with Crippen LogP contribution in [-0.4, -0.2) is 5.91 Å². The highest BCUT2D eigenvalue weighted by Crippen LogP contribution is 2.20. The second-order valence-corrected chi connectivity index (χ2v) is 4.29. The van der Waals surface area contributed by atoms with Crippen LogP contribution in [0.3, 0.4) is 0 Å². The molecular weight excluding hydrogens is 286 g/mol. The summed E-state index contributed by atoms with van der Waals surface area (Å²) in [6, 6.07) is 8.60. The molecule has 0 radical (unpaired) electrons. The van der Waals surface area contributed by atoms with Gasteiger partial charge in [-0.15, -0.1) is 0 Å². The van der Waals surface area contributed by atoms with Gasteiger partial charge in [-0.3, -0.25) is 4.79 Å². The van der Waals surface area contributed by atoms with E-state index in [1.54, 1.807) is 6.07 Å². The summed E-state index contributed by atoms with van der Waals surface area (Å²) < 4.78 is 26.0. The Morgan fingerprint density at radius 1 is 1.20 bits per heavy atom. The predicted octanol–water partition coefficient (Wildman–Crippen LogP) is 3.74. The number of anilines is 1. The van der Waals surface area contributed by atoms with Gasteiger partial charge in [0.25, 0.3) is 5.91 Å². The molecule has 0 aliphatic carbocycles. The second-order valence-electron chi connectivity index (χ2n) is 3.88. The fourth-order valence-corrected chi connectivity index (χ4v) is 1.81. The van der Waals surface area contributed by atoms with Crippen LogP contribution >= 0.6 is 11.6 Å². The standard InChI is InChI=1S/C14H7ClF2N2O/c15-12-6-9(16)1-3-11(12)14(20)19-10-2-4-13(17)8(5-10)7-18/h1-6H,(H,19,20). The van der Waals surface area contributed by atoms with Gasteiger partial charge in [0.1, 0.15) is 17.7 Å². The maximum Gasteiger partial charge on any atom is 0.257 e. The topological polar surface area (TPSA) is 52.9 Å². The average molecular weight is 293 g/mol. The summed E-state index contributed by atoms with van der Waals surface area (Å²) in [6.07, 6.45) is 0. The molecule has 20 heavy (non-hydrogen) atoms. The minimum atomic E-state index is -0.676. The van der Waals surface area contributed by atoms with Gasteiger partial charge in [0.15, 0.2) is 0 Å². The SMILES string of the molecule is N#Cc1cc(NC(=O)c2ccc(F)cc2Cl)ccc1F. The summed E-state index contributed by atoms with van der Waals surface area (Å²) in [5, 5.41) is 11.1. The van der Waals surface area contributed by atoms with Gasteiger partial charge in [0.2, 0.25) is 0 Å². The quantitative estimate of drug-likeness (QED) is 0.916. The molecule has 2 aromatic rings. The monoisotopic (exact) mass is 292 g/mol. The van der Waals surface area contributed by atoms with Crippen molar-refractivity contribution in [3.8, 4) is 6.07 Å². The van der Waals surface area contributed by atoms with Gasteiger partial charge in [-0.2, -0.15) is 5.26 Å². The van der Waals surface area contributed by atoms with Gasteiger partial charge in [0.05, 0.1) is 16.1 Å². The zero-order chi connectivity index (χ0) is 14.7. The third-order valence-electron chi connectivity index (χ3n) is 2.52. The smallest absolute Gasteiger partial charge is 0.257 e. The first-order valence-electron chi connectivity index (χ1n) is 5.47. The summed E-state index contributed by atoms with van der Waals surface area (Å²) >= 11 is 5.76. The first-order valence-corrected chi connectivity index (χ1v) is 5.85. The maximum atomic E-state index is 13.1. The van der Waals surface area contributed by atoms with Crippen LogP contribution in [0.4, 0.5) is 14.5 Å². The molecule has 1 amide bonds. The van der Waals surface area contributed by atoms with Crippen molar-refractivity contribution in [1.29, 1.82) is 5.26 Å². The van der Waals surface area contributed by atoms with Crippen LogP contribution in [0.1, 0.15) is 15.9 Å². The molecule has 2 rings (SSSR count). The van der Waals surface area contributed by atoms with E-state index in [2.05, 4.69) is 5.32 Å². The van der Waals surface area contributed by atoms with Crippen molar-refractivity contribution in [1.82, 2.24) is 0 Å². The fraction of sp³-hybridized carbons (Fsp3) is 0. The van der Waals surface area contributed by atoms with E-state index >= 15 is 0 Å². The first kappa shape index (κ1) is 14.0. The van der Waals surface area contributed by atoms with Crippen molar-refractivity contribution in [3.05, 3.63) is 64.2 Å². The molecule has 0 aliphatic heterocycles. The van der Waals surface area contributed by atoms with Crippen molar-refractivity contribution >= 4 is 23.2 Å². The normalized spacial score (nSPS) is 9.90. The van der Waals surface area contributed by atoms with E-state index in [-0.39, 0.29) is 21.8 Å². The molecule has 0 heterocycles. The van der Waals surface area contributed by atoms with E-state index in [1.807, 2.05) is 0 Å². The van der Waals surface area contributed by atoms with E-state index in [0.717, 1.165) is 18.2 Å². The number of nitrogens with one attached hydrogen (secondary N) is 1. The molecule has 0 aromatic heterocycles. The van der Waals surface area contributed by atoms with Crippen LogP contribution < -0.4 is 5.32 Å². The van der Waals surface area contributed by atoms with Crippen molar-refractivity contribution in [2.45, 2.75) is 0 Å². The Morgan fingerprint density at radius 2 is 1.95 bits per heavy atom. The number of rotatable bonds is 2. The molecule has 6 heteroatoms. The van der Waals surface area contributed by atoms with Crippen LogP contribution in [0.25, 0.3) is 0 Å². The minimum absolute atomic E-state index is 0.0369. The molecule has 100 valence electrons. The molecule has 0 fully saturated rings. The number of halogens is 3. The highest BCUT2D eigenvalue weighted by atomic mass is 35.5. The van der Waals surface area contributed by atoms with Gasteiger partial charge >= 0.3 is 0 Å². The largest absolute Gasteiger partial charge is 0.322 e. The van der Waals surface area contributed by atoms with Crippen molar-refractivity contribution < 1.29 is 13.6 Å². The lowest BCUT2D eigenvalue weighted by atomic mass is 10.1. The molecular formula is C14H7ClF2N2O. The third-order valence-corrected chi connectivity index (χ3v) is 2.83. The van der Waals surface area contributed by atoms with Crippen LogP contribution in [0.15, 0.2) is 36.4 Å². The van der Waals surface area contributed by atoms with Crippen molar-refractivity contribution in [2.24, 2.45) is 0 Å². The number of carbonyl (C=O) groups is 1. The van der Waals surface area contributed by atoms with Crippen molar-refractivity contribution in [2.75, 3.05) is 5.32 Å². The fourth-order valence-electron chi connectivity index (χ4n) is 1.56. The van der Waals surface area contributed by atoms with Crippen LogP contribution in [0, 0.1) is 23.0 Å². The van der Waals surface area contributed by atoms with E-state index in [9.17, 15) is 13.6 Å². The van der Waals surface area contributed by atoms with Gasteiger partial charge in [-0.25, -0.2) is 8.78 Å². The number of nitrogens with zero attached hydrogens (tertiary/aromatic N) is 1. The minimum Gasteiger partial charge on any atom is -0.322 e. The Hall–Kier alpha value is -2.45. The van der Waals surface area contributed by atoms with Crippen molar-refractivity contribution in [3.63, 3.8) is 0 Å². The Bertz CT molecular complexity index is 726. The molecule has 0 atom stereocenters. The lowest BCUT2D eigenvalue weighted by Gasteiger charge is -2.07. The summed E-state index contributed by atoms with van der Waals surface area (Å²) in [5.74, 6) is -1.81. The highest BCUT2D eigenvalue weighted by Gasteiger charge is 2.12. The van der Waals surface area contributed by atoms with Crippen LogP contribution in [-0.2, 0) is 0 Å². The number of hydrogen-bond acceptors (Lipinski definition) is 2. The number of benzene rings is 2. The van der Waals surface area contributed by atoms with E-state index in [1.165, 1.54) is 18.2 Å². The molecule has 0 saturated carbocycles. The van der Waals surface area contributed by atoms with Crippen LogP contribution in [0.2, 0.25) is 5.02 Å². The molecule has 1 N–H and O–H groups in total. The molecule has 0 unspecified atom stereocenters.